The summed E-state index contributed by atoms with van der Waals surface area (Å²) in [6, 6.07) is 1.99. The first-order valence-corrected chi connectivity index (χ1v) is 11.2. The van der Waals surface area contributed by atoms with Crippen LogP contribution in [0.25, 0.3) is 0 Å². The molecule has 0 radical (unpaired) electrons. The van der Waals surface area contributed by atoms with Gasteiger partial charge in [-0.15, -0.1) is 0 Å². The van der Waals surface area contributed by atoms with E-state index in [2.05, 4.69) is 10.7 Å². The van der Waals surface area contributed by atoms with E-state index in [0.29, 0.717) is 32.8 Å². The lowest BCUT2D eigenvalue weighted by Crippen LogP contribution is -2.53. The smallest absolute Gasteiger partial charge is 0.414 e. The number of cyclic esters (lactones) is 1. The van der Waals surface area contributed by atoms with E-state index >= 15 is 8.78 Å². The number of morpholine rings is 1. The van der Waals surface area contributed by atoms with Gasteiger partial charge in [0, 0.05) is 51.8 Å². The molecule has 1 atom stereocenters. The van der Waals surface area contributed by atoms with E-state index < -0.39 is 23.8 Å². The Labute approximate surface area is 195 Å². The molecule has 0 bridgehead atoms. The van der Waals surface area contributed by atoms with Gasteiger partial charge in [0.25, 0.3) is 0 Å². The maximum Gasteiger partial charge on any atom is 0.414 e. The van der Waals surface area contributed by atoms with E-state index in [1.54, 1.807) is 4.90 Å². The Hall–Kier alpha value is -3.19. The molecule has 34 heavy (non-hydrogen) atoms. The van der Waals surface area contributed by atoms with Gasteiger partial charge in [-0.1, -0.05) is 0 Å². The minimum Gasteiger partial charge on any atom is -0.442 e. The molecule has 186 valence electrons. The van der Waals surface area contributed by atoms with Crippen LogP contribution in [0.15, 0.2) is 12.1 Å². The number of hydrogen-bond acceptors (Lipinski definition) is 7. The number of benzene rings is 1. The first-order chi connectivity index (χ1) is 16.3. The Kier molecular flexibility index (Phi) is 7.32. The number of carbonyl (C=O) groups is 3. The molecule has 0 spiro atoms. The average Bonchev–Trinajstić information content (AvgIpc) is 3.02. The van der Waals surface area contributed by atoms with Crippen molar-refractivity contribution in [2.45, 2.75) is 13.0 Å². The third-order valence-electron chi connectivity index (χ3n) is 5.87. The maximum absolute atomic E-state index is 15.1. The fraction of sp³-hybridized carbons (Fsp3) is 0.571. The summed E-state index contributed by atoms with van der Waals surface area (Å²) in [6.45, 7) is 4.52. The fourth-order valence-electron chi connectivity index (χ4n) is 4.15. The zero-order valence-corrected chi connectivity index (χ0v) is 18.9. The Morgan fingerprint density at radius 3 is 2.50 bits per heavy atom. The van der Waals surface area contributed by atoms with E-state index in [4.69, 9.17) is 9.47 Å². The number of halogens is 2. The molecule has 4 amide bonds. The number of ether oxygens (including phenoxy) is 2. The predicted octanol–water partition coefficient (Wildman–Crippen LogP) is 0.505. The van der Waals surface area contributed by atoms with Crippen molar-refractivity contribution in [3.63, 3.8) is 0 Å². The second-order valence-corrected chi connectivity index (χ2v) is 8.24. The van der Waals surface area contributed by atoms with Crippen LogP contribution in [-0.4, -0.2) is 99.6 Å². The van der Waals surface area contributed by atoms with Gasteiger partial charge in [-0.3, -0.25) is 14.7 Å². The molecule has 3 heterocycles. The number of urea groups is 1. The fourth-order valence-corrected chi connectivity index (χ4v) is 4.15. The minimum atomic E-state index is -0.818. The summed E-state index contributed by atoms with van der Waals surface area (Å²) in [5.74, 6) is -1.91. The van der Waals surface area contributed by atoms with Crippen molar-refractivity contribution in [3.8, 4) is 0 Å². The maximum atomic E-state index is 15.1. The highest BCUT2D eigenvalue weighted by Crippen LogP contribution is 2.31. The summed E-state index contributed by atoms with van der Waals surface area (Å²) < 4.78 is 40.6. The number of carbonyl (C=O) groups excluding carboxylic acids is 3. The van der Waals surface area contributed by atoms with Gasteiger partial charge in [0.2, 0.25) is 5.91 Å². The summed E-state index contributed by atoms with van der Waals surface area (Å²) >= 11 is 0. The second kappa shape index (κ2) is 10.4. The second-order valence-electron chi connectivity index (χ2n) is 8.24. The molecular weight excluding hydrogens is 454 g/mol. The molecular formula is C21H28F2N6O5. The molecule has 1 aromatic carbocycles. The van der Waals surface area contributed by atoms with Gasteiger partial charge in [-0.05, 0) is 0 Å². The van der Waals surface area contributed by atoms with Gasteiger partial charge in [0.05, 0.1) is 38.5 Å². The molecule has 0 saturated carbocycles. The molecule has 0 aromatic heterocycles. The largest absolute Gasteiger partial charge is 0.442 e. The number of nitrogens with one attached hydrogen (secondary N) is 2. The average molecular weight is 482 g/mol. The van der Waals surface area contributed by atoms with Crippen molar-refractivity contribution in [2.75, 3.05) is 75.4 Å². The minimum absolute atomic E-state index is 0.0335. The molecule has 4 rings (SSSR count). The predicted molar refractivity (Wildman–Crippen MR) is 117 cm³/mol. The number of hydrazine groups is 1. The van der Waals surface area contributed by atoms with Crippen molar-refractivity contribution in [1.82, 2.24) is 20.7 Å². The third-order valence-corrected chi connectivity index (χ3v) is 5.87. The molecule has 3 saturated heterocycles. The summed E-state index contributed by atoms with van der Waals surface area (Å²) in [5, 5.41) is 4.02. The van der Waals surface area contributed by atoms with Crippen LogP contribution in [-0.2, 0) is 14.3 Å². The molecule has 13 heteroatoms. The standard InChI is InChI=1S/C21H28F2N6O5/c1-14(30)24-12-16-13-28(21(32)34-16)15-10-17(22)19(18(23)11-15)26-3-2-25-29(5-4-26)20(31)27-6-8-33-9-7-27/h10-11,16,25H,2-9,12-13H2,1H3,(H,24,30)/t16-/m0/s1. The van der Waals surface area contributed by atoms with Crippen LogP contribution in [0.2, 0.25) is 0 Å². The van der Waals surface area contributed by atoms with Crippen LogP contribution < -0.4 is 20.5 Å². The highest BCUT2D eigenvalue weighted by atomic mass is 19.1. The van der Waals surface area contributed by atoms with Crippen molar-refractivity contribution >= 4 is 29.4 Å². The molecule has 0 unspecified atom stereocenters. The van der Waals surface area contributed by atoms with E-state index in [0.717, 1.165) is 17.0 Å². The topological polar surface area (TPSA) is 107 Å². The summed E-state index contributed by atoms with van der Waals surface area (Å²) in [5.41, 5.74) is 2.84. The number of hydrogen-bond donors (Lipinski definition) is 2. The zero-order valence-electron chi connectivity index (χ0n) is 18.9. The SMILES string of the molecule is CC(=O)NC[C@H]1CN(c2cc(F)c(N3CCNN(C(=O)N4CCOCC4)CC3)c(F)c2)C(=O)O1. The first kappa shape index (κ1) is 24.0. The lowest BCUT2D eigenvalue weighted by molar-refractivity contribution is -0.119. The number of amides is 4. The molecule has 3 fully saturated rings. The Balaban J connectivity index is 1.42. The summed E-state index contributed by atoms with van der Waals surface area (Å²) in [6.07, 6.45) is -1.35. The van der Waals surface area contributed by atoms with Crippen molar-refractivity contribution in [3.05, 3.63) is 23.8 Å². The van der Waals surface area contributed by atoms with Crippen LogP contribution >= 0.6 is 0 Å². The normalized spacial score (nSPS) is 21.4. The van der Waals surface area contributed by atoms with Crippen molar-refractivity contribution < 1.29 is 32.6 Å². The van der Waals surface area contributed by atoms with Crippen LogP contribution in [0.5, 0.6) is 0 Å². The van der Waals surface area contributed by atoms with Gasteiger partial charge in [-0.25, -0.2) is 23.8 Å². The molecule has 0 aliphatic carbocycles. The van der Waals surface area contributed by atoms with E-state index in [9.17, 15) is 14.4 Å². The third kappa shape index (κ3) is 5.30. The number of nitrogens with zero attached hydrogens (tertiary/aromatic N) is 4. The summed E-state index contributed by atoms with van der Waals surface area (Å²) in [7, 11) is 0. The molecule has 1 aromatic rings. The van der Waals surface area contributed by atoms with E-state index in [1.807, 2.05) is 0 Å². The first-order valence-electron chi connectivity index (χ1n) is 11.2. The van der Waals surface area contributed by atoms with Gasteiger partial charge in [0.1, 0.15) is 11.8 Å². The Bertz CT molecular complexity index is 921. The Morgan fingerprint density at radius 1 is 1.12 bits per heavy atom. The summed E-state index contributed by atoms with van der Waals surface area (Å²) in [4.78, 5) is 40.3. The lowest BCUT2D eigenvalue weighted by Gasteiger charge is -2.32. The molecule has 3 aliphatic rings. The monoisotopic (exact) mass is 482 g/mol. The quantitative estimate of drug-likeness (QED) is 0.644. The van der Waals surface area contributed by atoms with Crippen molar-refractivity contribution in [1.29, 1.82) is 0 Å². The van der Waals surface area contributed by atoms with Crippen LogP contribution in [0.3, 0.4) is 0 Å². The molecule has 11 nitrogen and oxygen atoms in total. The van der Waals surface area contributed by atoms with Crippen LogP contribution in [0.1, 0.15) is 6.92 Å². The number of anilines is 2. The molecule has 3 aliphatic heterocycles. The van der Waals surface area contributed by atoms with E-state index in [1.165, 1.54) is 16.8 Å². The molecule has 2 N–H and O–H groups in total. The van der Waals surface area contributed by atoms with Crippen LogP contribution in [0.4, 0.5) is 29.7 Å². The van der Waals surface area contributed by atoms with Crippen LogP contribution in [0, 0.1) is 11.6 Å². The highest BCUT2D eigenvalue weighted by Gasteiger charge is 2.34. The zero-order chi connectivity index (χ0) is 24.2. The van der Waals surface area contributed by atoms with Gasteiger partial charge >= 0.3 is 12.1 Å². The number of rotatable bonds is 4. The van der Waals surface area contributed by atoms with Gasteiger partial charge in [-0.2, -0.15) is 0 Å². The van der Waals surface area contributed by atoms with Gasteiger partial charge < -0.3 is 24.6 Å². The van der Waals surface area contributed by atoms with Crippen molar-refractivity contribution in [2.24, 2.45) is 0 Å². The Morgan fingerprint density at radius 2 is 1.82 bits per heavy atom. The van der Waals surface area contributed by atoms with Gasteiger partial charge in [0.15, 0.2) is 11.6 Å². The highest BCUT2D eigenvalue weighted by molar-refractivity contribution is 5.90. The lowest BCUT2D eigenvalue weighted by atomic mass is 10.2. The van der Waals surface area contributed by atoms with E-state index in [-0.39, 0.29) is 56.0 Å².